The highest BCUT2D eigenvalue weighted by Crippen LogP contribution is 2.33. The maximum absolute atomic E-state index is 12.0. The van der Waals surface area contributed by atoms with Crippen LogP contribution in [0.15, 0.2) is 42.0 Å². The Labute approximate surface area is 174 Å². The molecule has 0 radical (unpaired) electrons. The van der Waals surface area contributed by atoms with E-state index in [1.54, 1.807) is 26.6 Å². The number of rotatable bonds is 9. The van der Waals surface area contributed by atoms with Crippen molar-refractivity contribution in [1.82, 2.24) is 9.97 Å². The van der Waals surface area contributed by atoms with Gasteiger partial charge in [-0.1, -0.05) is 19.8 Å². The van der Waals surface area contributed by atoms with Crippen LogP contribution in [0.2, 0.25) is 0 Å². The van der Waals surface area contributed by atoms with E-state index in [-0.39, 0.29) is 5.91 Å². The summed E-state index contributed by atoms with van der Waals surface area (Å²) in [4.78, 5) is 22.1. The zero-order chi connectivity index (χ0) is 20.6. The average molecular weight is 412 g/mol. The van der Waals surface area contributed by atoms with Crippen molar-refractivity contribution in [2.45, 2.75) is 32.6 Å². The number of nitrogens with one attached hydrogen (secondary N) is 1. The van der Waals surface area contributed by atoms with Crippen LogP contribution in [0.1, 0.15) is 32.6 Å². The molecule has 0 saturated heterocycles. The number of methoxy groups -OCH3 is 2. The maximum Gasteiger partial charge on any atom is 0.224 e. The molecular formula is C22H25N3O3S. The second-order valence-corrected chi connectivity index (χ2v) is 7.48. The molecule has 0 spiro atoms. The maximum atomic E-state index is 12.0. The quantitative estimate of drug-likeness (QED) is 0.477. The van der Waals surface area contributed by atoms with Crippen LogP contribution >= 0.6 is 11.3 Å². The summed E-state index contributed by atoms with van der Waals surface area (Å²) in [5.41, 5.74) is 3.18. The van der Waals surface area contributed by atoms with Crippen molar-refractivity contribution >= 4 is 22.9 Å². The first-order chi connectivity index (χ1) is 14.1. The largest absolute Gasteiger partial charge is 0.493 e. The molecule has 2 heterocycles. The first-order valence-electron chi connectivity index (χ1n) is 9.57. The summed E-state index contributed by atoms with van der Waals surface area (Å²) in [6, 6.07) is 7.58. The number of carbonyl (C=O) groups is 1. The number of thiophene rings is 1. The highest BCUT2D eigenvalue weighted by molar-refractivity contribution is 7.14. The summed E-state index contributed by atoms with van der Waals surface area (Å²) in [7, 11) is 3.21. The van der Waals surface area contributed by atoms with E-state index in [9.17, 15) is 4.79 Å². The molecule has 6 nitrogen and oxygen atoms in total. The number of amides is 1. The van der Waals surface area contributed by atoms with Gasteiger partial charge in [0.15, 0.2) is 11.5 Å². The Bertz CT molecular complexity index is 971. The number of anilines is 1. The monoisotopic (exact) mass is 411 g/mol. The second kappa shape index (κ2) is 10.0. The Morgan fingerprint density at radius 2 is 1.86 bits per heavy atom. The van der Waals surface area contributed by atoms with Gasteiger partial charge in [0.05, 0.1) is 48.6 Å². The van der Waals surface area contributed by atoms with Crippen molar-refractivity contribution in [2.75, 3.05) is 19.5 Å². The van der Waals surface area contributed by atoms with Gasteiger partial charge in [0, 0.05) is 17.4 Å². The minimum absolute atomic E-state index is 0.0490. The number of benzene rings is 1. The highest BCUT2D eigenvalue weighted by Gasteiger charge is 2.11. The molecule has 1 N–H and O–H groups in total. The van der Waals surface area contributed by atoms with Gasteiger partial charge in [0.25, 0.3) is 0 Å². The third kappa shape index (κ3) is 5.32. The molecule has 0 fully saturated rings. The van der Waals surface area contributed by atoms with Crippen molar-refractivity contribution in [3.63, 3.8) is 0 Å². The van der Waals surface area contributed by atoms with Crippen molar-refractivity contribution in [2.24, 2.45) is 0 Å². The Kier molecular flexibility index (Phi) is 7.19. The van der Waals surface area contributed by atoms with E-state index in [2.05, 4.69) is 17.2 Å². The van der Waals surface area contributed by atoms with Gasteiger partial charge in [0.1, 0.15) is 0 Å². The molecule has 0 saturated carbocycles. The number of carbonyl (C=O) groups excluding carboxylic acids is 1. The predicted molar refractivity (Wildman–Crippen MR) is 117 cm³/mol. The molecule has 7 heteroatoms. The van der Waals surface area contributed by atoms with Crippen LogP contribution in [0.25, 0.3) is 21.8 Å². The lowest BCUT2D eigenvalue weighted by molar-refractivity contribution is -0.116. The van der Waals surface area contributed by atoms with Crippen LogP contribution < -0.4 is 14.8 Å². The first-order valence-corrected chi connectivity index (χ1v) is 10.5. The van der Waals surface area contributed by atoms with Crippen LogP contribution in [0, 0.1) is 0 Å². The fourth-order valence-corrected chi connectivity index (χ4v) is 3.71. The van der Waals surface area contributed by atoms with Gasteiger partial charge in [-0.05, 0) is 30.7 Å². The Hall–Kier alpha value is -2.93. The standard InChI is InChI=1S/C22H25N3O3S/c1-4-5-6-7-22(26)24-16-11-21(29-14-16)18-13-23-12-17(25-18)15-8-9-19(27-2)20(10-15)28-3/h8-14H,4-7H2,1-3H3,(H,24,26). The second-order valence-electron chi connectivity index (χ2n) is 6.56. The van der Waals surface area contributed by atoms with E-state index in [0.717, 1.165) is 46.8 Å². The Balaban J connectivity index is 1.77. The first kappa shape index (κ1) is 20.8. The third-order valence-corrected chi connectivity index (χ3v) is 5.41. The van der Waals surface area contributed by atoms with Crippen molar-refractivity contribution in [3.8, 4) is 33.3 Å². The van der Waals surface area contributed by atoms with E-state index in [1.807, 2.05) is 29.6 Å². The summed E-state index contributed by atoms with van der Waals surface area (Å²) in [6.07, 6.45) is 7.08. The van der Waals surface area contributed by atoms with Gasteiger partial charge in [-0.25, -0.2) is 4.98 Å². The molecule has 0 aliphatic carbocycles. The number of hydrogen-bond acceptors (Lipinski definition) is 6. The third-order valence-electron chi connectivity index (χ3n) is 4.46. The molecule has 152 valence electrons. The molecule has 3 aromatic rings. The number of ether oxygens (including phenoxy) is 2. The van der Waals surface area contributed by atoms with Crippen LogP contribution in [0.3, 0.4) is 0 Å². The zero-order valence-electron chi connectivity index (χ0n) is 16.9. The van der Waals surface area contributed by atoms with Gasteiger partial charge < -0.3 is 14.8 Å². The topological polar surface area (TPSA) is 73.3 Å². The Morgan fingerprint density at radius 1 is 1.07 bits per heavy atom. The number of aromatic nitrogens is 2. The molecule has 3 rings (SSSR count). The molecule has 2 aromatic heterocycles. The van der Waals surface area contributed by atoms with Gasteiger partial charge in [-0.2, -0.15) is 0 Å². The zero-order valence-corrected chi connectivity index (χ0v) is 17.7. The normalized spacial score (nSPS) is 10.6. The van der Waals surface area contributed by atoms with E-state index in [4.69, 9.17) is 14.5 Å². The summed E-state index contributed by atoms with van der Waals surface area (Å²) < 4.78 is 10.7. The smallest absolute Gasteiger partial charge is 0.224 e. The molecular weight excluding hydrogens is 386 g/mol. The van der Waals surface area contributed by atoms with Crippen LogP contribution in [0.5, 0.6) is 11.5 Å². The van der Waals surface area contributed by atoms with Crippen molar-refractivity contribution < 1.29 is 14.3 Å². The molecule has 0 unspecified atom stereocenters. The number of hydrogen-bond donors (Lipinski definition) is 1. The lowest BCUT2D eigenvalue weighted by atomic mass is 10.1. The van der Waals surface area contributed by atoms with Gasteiger partial charge in [0.2, 0.25) is 5.91 Å². The molecule has 0 bridgehead atoms. The van der Waals surface area contributed by atoms with Crippen molar-refractivity contribution in [1.29, 1.82) is 0 Å². The summed E-state index contributed by atoms with van der Waals surface area (Å²) in [6.45, 7) is 2.13. The van der Waals surface area contributed by atoms with E-state index >= 15 is 0 Å². The van der Waals surface area contributed by atoms with Gasteiger partial charge >= 0.3 is 0 Å². The van der Waals surface area contributed by atoms with Crippen LogP contribution in [-0.4, -0.2) is 30.1 Å². The summed E-state index contributed by atoms with van der Waals surface area (Å²) in [5, 5.41) is 4.89. The number of nitrogens with zero attached hydrogens (tertiary/aromatic N) is 2. The van der Waals surface area contributed by atoms with E-state index < -0.39 is 0 Å². The summed E-state index contributed by atoms with van der Waals surface area (Å²) in [5.74, 6) is 1.35. The lowest BCUT2D eigenvalue weighted by Gasteiger charge is -2.09. The lowest BCUT2D eigenvalue weighted by Crippen LogP contribution is -2.10. The molecule has 0 atom stereocenters. The van der Waals surface area contributed by atoms with E-state index in [0.29, 0.717) is 17.9 Å². The number of unbranched alkanes of at least 4 members (excludes halogenated alkanes) is 2. The fraction of sp³-hybridized carbons (Fsp3) is 0.318. The fourth-order valence-electron chi connectivity index (χ4n) is 2.91. The van der Waals surface area contributed by atoms with Gasteiger partial charge in [-0.15, -0.1) is 11.3 Å². The SMILES string of the molecule is CCCCCC(=O)Nc1csc(-c2cncc(-c3ccc(OC)c(OC)c3)n2)c1. The average Bonchev–Trinajstić information content (AvgIpc) is 3.22. The highest BCUT2D eigenvalue weighted by atomic mass is 32.1. The predicted octanol–water partition coefficient (Wildman–Crippen LogP) is 5.41. The molecule has 0 aliphatic heterocycles. The molecule has 1 aromatic carbocycles. The molecule has 29 heavy (non-hydrogen) atoms. The minimum atomic E-state index is 0.0490. The minimum Gasteiger partial charge on any atom is -0.493 e. The Morgan fingerprint density at radius 3 is 2.62 bits per heavy atom. The van der Waals surface area contributed by atoms with Crippen LogP contribution in [0.4, 0.5) is 5.69 Å². The molecule has 0 aliphatic rings. The summed E-state index contributed by atoms with van der Waals surface area (Å²) >= 11 is 1.53. The molecule has 1 amide bonds. The van der Waals surface area contributed by atoms with Gasteiger partial charge in [-0.3, -0.25) is 9.78 Å². The van der Waals surface area contributed by atoms with Crippen LogP contribution in [-0.2, 0) is 4.79 Å². The van der Waals surface area contributed by atoms with E-state index in [1.165, 1.54) is 11.3 Å². The van der Waals surface area contributed by atoms with Crippen molar-refractivity contribution in [3.05, 3.63) is 42.0 Å².